The van der Waals surface area contributed by atoms with E-state index in [4.69, 9.17) is 0 Å². The molecular formula is C22H23FN8O. The zero-order valence-electron chi connectivity index (χ0n) is 17.9. The highest BCUT2D eigenvalue weighted by molar-refractivity contribution is 5.88. The predicted octanol–water partition coefficient (Wildman–Crippen LogP) is 2.02. The Labute approximate surface area is 183 Å². The van der Waals surface area contributed by atoms with E-state index in [1.807, 2.05) is 6.92 Å². The first-order chi connectivity index (χ1) is 15.5. The lowest BCUT2D eigenvalue weighted by molar-refractivity contribution is 0.311. The quantitative estimate of drug-likeness (QED) is 0.525. The van der Waals surface area contributed by atoms with Crippen LogP contribution in [-0.4, -0.2) is 68.1 Å². The summed E-state index contributed by atoms with van der Waals surface area (Å²) in [5, 5.41) is 11.6. The number of H-pyrrole nitrogens is 1. The second-order valence-electron chi connectivity index (χ2n) is 7.89. The normalized spacial score (nSPS) is 14.9. The van der Waals surface area contributed by atoms with E-state index >= 15 is 0 Å². The Kier molecular flexibility index (Phi) is 5.14. The number of rotatable bonds is 4. The summed E-state index contributed by atoms with van der Waals surface area (Å²) in [4.78, 5) is 26.1. The lowest BCUT2D eigenvalue weighted by Gasteiger charge is -2.32. The topological polar surface area (TPSA) is 95.8 Å². The highest BCUT2D eigenvalue weighted by Gasteiger charge is 2.19. The standard InChI is InChI=1S/C22H23FN8O/c1-3-14-5-4-6-16(23)21(14)31-18(32)11-17-20(28-31)19(27-26-17)15-12-24-22(25-13-15)30-9-7-29(2)8-10-30/h4-6,11-13,26H,3,7-10H2,1-2H3. The number of halogens is 1. The van der Waals surface area contributed by atoms with Crippen LogP contribution >= 0.6 is 0 Å². The first-order valence-electron chi connectivity index (χ1n) is 10.6. The molecule has 1 aromatic carbocycles. The summed E-state index contributed by atoms with van der Waals surface area (Å²) in [6.07, 6.45) is 3.97. The van der Waals surface area contributed by atoms with Gasteiger partial charge in [-0.15, -0.1) is 0 Å². The number of likely N-dealkylation sites (N-methyl/N-ethyl adjacent to an activating group) is 1. The van der Waals surface area contributed by atoms with Gasteiger partial charge in [-0.25, -0.2) is 14.4 Å². The van der Waals surface area contributed by atoms with Crippen molar-refractivity contribution >= 4 is 17.0 Å². The van der Waals surface area contributed by atoms with Gasteiger partial charge in [0, 0.05) is 50.2 Å². The van der Waals surface area contributed by atoms with Crippen LogP contribution in [0.3, 0.4) is 0 Å². The van der Waals surface area contributed by atoms with Crippen LogP contribution in [0, 0.1) is 5.82 Å². The van der Waals surface area contributed by atoms with Crippen molar-refractivity contribution in [1.82, 2.24) is 34.8 Å². The summed E-state index contributed by atoms with van der Waals surface area (Å²) in [5.74, 6) is 0.175. The highest BCUT2D eigenvalue weighted by Crippen LogP contribution is 2.25. The first kappa shape index (κ1) is 20.3. The molecule has 0 aliphatic carbocycles. The number of aryl methyl sites for hydroxylation is 1. The van der Waals surface area contributed by atoms with Crippen LogP contribution in [0.2, 0.25) is 0 Å². The SMILES string of the molecule is CCc1cccc(F)c1-n1nc2c(-c3cnc(N4CCN(C)CC4)nc3)n[nH]c2cc1=O. The molecule has 32 heavy (non-hydrogen) atoms. The number of nitrogens with one attached hydrogen (secondary N) is 1. The number of benzene rings is 1. The number of hydrogen-bond acceptors (Lipinski definition) is 7. The van der Waals surface area contributed by atoms with Crippen molar-refractivity contribution in [3.05, 3.63) is 58.4 Å². The molecule has 164 valence electrons. The summed E-state index contributed by atoms with van der Waals surface area (Å²) in [7, 11) is 2.10. The minimum Gasteiger partial charge on any atom is -0.338 e. The largest absolute Gasteiger partial charge is 0.338 e. The molecule has 4 aromatic rings. The van der Waals surface area contributed by atoms with Crippen molar-refractivity contribution in [3.63, 3.8) is 0 Å². The van der Waals surface area contributed by atoms with Crippen LogP contribution in [0.1, 0.15) is 12.5 Å². The fourth-order valence-corrected chi connectivity index (χ4v) is 3.94. The smallest absolute Gasteiger partial charge is 0.273 e. The number of para-hydroxylation sites is 1. The molecule has 0 unspecified atom stereocenters. The molecule has 0 amide bonds. The maximum atomic E-state index is 14.6. The molecule has 0 radical (unpaired) electrons. The summed E-state index contributed by atoms with van der Waals surface area (Å²) in [5.41, 5.74) is 2.52. The molecule has 0 atom stereocenters. The van der Waals surface area contributed by atoms with E-state index in [2.05, 4.69) is 42.1 Å². The number of hydrogen-bond donors (Lipinski definition) is 1. The van der Waals surface area contributed by atoms with E-state index < -0.39 is 11.4 Å². The molecule has 0 bridgehead atoms. The molecule has 0 saturated carbocycles. The Hall–Kier alpha value is -3.66. The Morgan fingerprint density at radius 1 is 1.12 bits per heavy atom. The first-order valence-corrected chi connectivity index (χ1v) is 10.6. The van der Waals surface area contributed by atoms with Crippen molar-refractivity contribution in [2.75, 3.05) is 38.1 Å². The molecule has 3 aromatic heterocycles. The third kappa shape index (κ3) is 3.52. The molecule has 5 rings (SSSR count). The van der Waals surface area contributed by atoms with Gasteiger partial charge in [0.05, 0.1) is 5.52 Å². The van der Waals surface area contributed by atoms with Crippen LogP contribution < -0.4 is 10.5 Å². The van der Waals surface area contributed by atoms with Gasteiger partial charge in [0.15, 0.2) is 0 Å². The van der Waals surface area contributed by atoms with Crippen molar-refractivity contribution in [3.8, 4) is 16.9 Å². The van der Waals surface area contributed by atoms with Crippen LogP contribution in [0.5, 0.6) is 0 Å². The van der Waals surface area contributed by atoms with Gasteiger partial charge in [-0.3, -0.25) is 9.89 Å². The van der Waals surface area contributed by atoms with Crippen molar-refractivity contribution in [2.24, 2.45) is 0 Å². The van der Waals surface area contributed by atoms with Gasteiger partial charge in [0.25, 0.3) is 5.56 Å². The Morgan fingerprint density at radius 2 is 1.88 bits per heavy atom. The Balaban J connectivity index is 1.55. The number of anilines is 1. The van der Waals surface area contributed by atoms with Gasteiger partial charge < -0.3 is 9.80 Å². The Bertz CT molecular complexity index is 1320. The molecule has 1 saturated heterocycles. The van der Waals surface area contributed by atoms with Crippen molar-refractivity contribution in [1.29, 1.82) is 0 Å². The molecule has 1 N–H and O–H groups in total. The van der Waals surface area contributed by atoms with E-state index in [0.717, 1.165) is 30.9 Å². The Morgan fingerprint density at radius 3 is 2.59 bits per heavy atom. The van der Waals surface area contributed by atoms with Gasteiger partial charge in [-0.1, -0.05) is 19.1 Å². The third-order valence-corrected chi connectivity index (χ3v) is 5.80. The molecular weight excluding hydrogens is 411 g/mol. The van der Waals surface area contributed by atoms with Gasteiger partial charge in [-0.05, 0) is 25.1 Å². The molecule has 1 fully saturated rings. The van der Waals surface area contributed by atoms with Crippen LogP contribution in [-0.2, 0) is 6.42 Å². The molecule has 4 heterocycles. The lowest BCUT2D eigenvalue weighted by Crippen LogP contribution is -2.45. The zero-order chi connectivity index (χ0) is 22.2. The maximum Gasteiger partial charge on any atom is 0.273 e. The number of piperazine rings is 1. The third-order valence-electron chi connectivity index (χ3n) is 5.80. The fraction of sp³-hybridized carbons (Fsp3) is 0.318. The lowest BCUT2D eigenvalue weighted by atomic mass is 10.1. The average molecular weight is 434 g/mol. The van der Waals surface area contributed by atoms with E-state index in [-0.39, 0.29) is 5.69 Å². The average Bonchev–Trinajstić information content (AvgIpc) is 3.21. The summed E-state index contributed by atoms with van der Waals surface area (Å²) >= 11 is 0. The molecule has 0 spiro atoms. The predicted molar refractivity (Wildman–Crippen MR) is 120 cm³/mol. The minimum atomic E-state index is -0.497. The van der Waals surface area contributed by atoms with Gasteiger partial charge >= 0.3 is 0 Å². The van der Waals surface area contributed by atoms with Crippen LogP contribution in [0.25, 0.3) is 28.0 Å². The highest BCUT2D eigenvalue weighted by atomic mass is 19.1. The number of nitrogens with zero attached hydrogens (tertiary/aromatic N) is 7. The van der Waals surface area contributed by atoms with Crippen LogP contribution in [0.15, 0.2) is 41.5 Å². The monoisotopic (exact) mass is 434 g/mol. The van der Waals surface area contributed by atoms with E-state index in [0.29, 0.717) is 40.2 Å². The molecule has 1 aliphatic heterocycles. The molecule has 9 nitrogen and oxygen atoms in total. The van der Waals surface area contributed by atoms with Gasteiger partial charge in [0.2, 0.25) is 5.95 Å². The second kappa shape index (κ2) is 8.12. The van der Waals surface area contributed by atoms with Crippen LogP contribution in [0.4, 0.5) is 10.3 Å². The van der Waals surface area contributed by atoms with E-state index in [1.165, 1.54) is 12.1 Å². The van der Waals surface area contributed by atoms with Gasteiger partial charge in [0.1, 0.15) is 22.7 Å². The summed E-state index contributed by atoms with van der Waals surface area (Å²) in [6.45, 7) is 5.58. The maximum absolute atomic E-state index is 14.6. The minimum absolute atomic E-state index is 0.163. The van der Waals surface area contributed by atoms with E-state index in [1.54, 1.807) is 24.5 Å². The summed E-state index contributed by atoms with van der Waals surface area (Å²) in [6, 6.07) is 6.12. The fourth-order valence-electron chi connectivity index (χ4n) is 3.94. The van der Waals surface area contributed by atoms with Gasteiger partial charge in [-0.2, -0.15) is 14.9 Å². The number of aromatic amines is 1. The zero-order valence-corrected chi connectivity index (χ0v) is 17.9. The number of aromatic nitrogens is 6. The molecule has 10 heteroatoms. The van der Waals surface area contributed by atoms with Crippen molar-refractivity contribution < 1.29 is 4.39 Å². The molecule has 1 aliphatic rings. The number of fused-ring (bicyclic) bond motifs is 1. The summed E-state index contributed by atoms with van der Waals surface area (Å²) < 4.78 is 15.8. The second-order valence-corrected chi connectivity index (χ2v) is 7.89. The van der Waals surface area contributed by atoms with Crippen molar-refractivity contribution in [2.45, 2.75) is 13.3 Å². The van der Waals surface area contributed by atoms with E-state index in [9.17, 15) is 9.18 Å².